The Balaban J connectivity index is 1.47. The highest BCUT2D eigenvalue weighted by Gasteiger charge is 2.64. The second kappa shape index (κ2) is 6.82. The molecule has 1 saturated heterocycles. The summed E-state index contributed by atoms with van der Waals surface area (Å²) in [6.07, 6.45) is -0.617. The summed E-state index contributed by atoms with van der Waals surface area (Å²) in [4.78, 5) is 0. The van der Waals surface area contributed by atoms with Gasteiger partial charge in [0.25, 0.3) is 0 Å². The lowest BCUT2D eigenvalue weighted by atomic mass is 9.83. The fourth-order valence-electron chi connectivity index (χ4n) is 5.51. The Morgan fingerprint density at radius 2 is 1.47 bits per heavy atom. The summed E-state index contributed by atoms with van der Waals surface area (Å²) in [5.74, 6) is -2.02. The Morgan fingerprint density at radius 3 is 2.00 bits per heavy atom. The molecule has 2 bridgehead atoms. The molecule has 1 aliphatic heterocycles. The first-order valence-corrected chi connectivity index (χ1v) is 11.4. The van der Waals surface area contributed by atoms with Crippen LogP contribution in [0.25, 0.3) is 0 Å². The van der Waals surface area contributed by atoms with Crippen LogP contribution in [0.2, 0.25) is 0 Å². The molecule has 5 nitrogen and oxygen atoms in total. The molecule has 0 N–H and O–H groups in total. The van der Waals surface area contributed by atoms with Crippen molar-refractivity contribution in [1.82, 2.24) is 0 Å². The van der Waals surface area contributed by atoms with Crippen molar-refractivity contribution in [2.24, 2.45) is 17.8 Å². The zero-order valence-corrected chi connectivity index (χ0v) is 16.8. The van der Waals surface area contributed by atoms with Crippen LogP contribution in [-0.2, 0) is 25.4 Å². The molecule has 5 unspecified atom stereocenters. The van der Waals surface area contributed by atoms with E-state index in [4.69, 9.17) is 9.47 Å². The third-order valence-corrected chi connectivity index (χ3v) is 7.67. The smallest absolute Gasteiger partial charge is 0.334 e. The van der Waals surface area contributed by atoms with E-state index in [0.29, 0.717) is 12.8 Å². The fourth-order valence-corrected chi connectivity index (χ4v) is 5.93. The predicted molar refractivity (Wildman–Crippen MR) is 102 cm³/mol. The van der Waals surface area contributed by atoms with E-state index in [1.54, 1.807) is 0 Å². The lowest BCUT2D eigenvalue weighted by Gasteiger charge is -2.32. The molecule has 3 fully saturated rings. The number of fused-ring (bicyclic) bond motifs is 5. The zero-order valence-electron chi connectivity index (χ0n) is 16.0. The van der Waals surface area contributed by atoms with E-state index in [2.05, 4.69) is 0 Å². The second-order valence-electron chi connectivity index (χ2n) is 8.46. The van der Waals surface area contributed by atoms with Gasteiger partial charge >= 0.3 is 5.25 Å². The molecule has 0 spiro atoms. The molecule has 5 atom stereocenters. The van der Waals surface area contributed by atoms with Crippen LogP contribution < -0.4 is 0 Å². The highest BCUT2D eigenvalue weighted by atomic mass is 32.2. The van der Waals surface area contributed by atoms with Crippen molar-refractivity contribution in [3.8, 4) is 0 Å². The minimum atomic E-state index is -5.69. The van der Waals surface area contributed by atoms with Crippen LogP contribution in [-0.4, -0.2) is 30.4 Å². The Kier molecular flexibility index (Phi) is 4.56. The number of alkyl halides is 2. The molecule has 30 heavy (non-hydrogen) atoms. The van der Waals surface area contributed by atoms with Crippen LogP contribution in [0.5, 0.6) is 0 Å². The molecule has 2 aromatic carbocycles. The van der Waals surface area contributed by atoms with E-state index < -0.39 is 39.6 Å². The van der Waals surface area contributed by atoms with Crippen molar-refractivity contribution in [3.63, 3.8) is 0 Å². The highest BCUT2D eigenvalue weighted by molar-refractivity contribution is 7.86. The van der Waals surface area contributed by atoms with Gasteiger partial charge in [-0.25, -0.2) is 8.42 Å². The fraction of sp³-hybridized carbons (Fsp3) is 0.455. The number of hydrogen-bond donors (Lipinski definition) is 0. The van der Waals surface area contributed by atoms with Gasteiger partial charge in [0.2, 0.25) is 5.79 Å². The minimum Gasteiger partial charge on any atom is -0.743 e. The average molecular weight is 435 g/mol. The zero-order chi connectivity index (χ0) is 21.1. The van der Waals surface area contributed by atoms with Gasteiger partial charge in [0.05, 0.1) is 12.2 Å². The summed E-state index contributed by atoms with van der Waals surface area (Å²) < 4.78 is 73.9. The average Bonchev–Trinajstić information content (AvgIpc) is 3.38. The molecule has 8 heteroatoms. The minimum absolute atomic E-state index is 0.00976. The molecule has 5 rings (SSSR count). The van der Waals surface area contributed by atoms with Crippen molar-refractivity contribution in [1.29, 1.82) is 0 Å². The molecular formula is C22H21F2O5S-. The number of halogens is 2. The largest absolute Gasteiger partial charge is 0.743 e. The van der Waals surface area contributed by atoms with Gasteiger partial charge in [0.1, 0.15) is 0 Å². The molecule has 0 radical (unpaired) electrons. The van der Waals surface area contributed by atoms with Gasteiger partial charge in [0, 0.05) is 17.5 Å². The van der Waals surface area contributed by atoms with E-state index >= 15 is 0 Å². The van der Waals surface area contributed by atoms with Crippen LogP contribution in [0.1, 0.15) is 30.4 Å². The topological polar surface area (TPSA) is 75.7 Å². The lowest BCUT2D eigenvalue weighted by molar-refractivity contribution is -0.162. The molecule has 160 valence electrons. The van der Waals surface area contributed by atoms with Crippen LogP contribution in [0.4, 0.5) is 8.78 Å². The van der Waals surface area contributed by atoms with Crippen LogP contribution in [0.15, 0.2) is 60.7 Å². The van der Waals surface area contributed by atoms with Crippen molar-refractivity contribution >= 4 is 10.1 Å². The normalized spacial score (nSPS) is 32.3. The third-order valence-electron chi connectivity index (χ3n) is 6.77. The van der Waals surface area contributed by atoms with Gasteiger partial charge in [-0.15, -0.1) is 0 Å². The van der Waals surface area contributed by atoms with Gasteiger partial charge in [-0.2, -0.15) is 8.78 Å². The number of benzene rings is 2. The molecule has 0 amide bonds. The van der Waals surface area contributed by atoms with Gasteiger partial charge in [-0.3, -0.25) is 0 Å². The first-order valence-electron chi connectivity index (χ1n) is 10.0. The third kappa shape index (κ3) is 3.00. The highest BCUT2D eigenvalue weighted by Crippen LogP contribution is 2.60. The Bertz CT molecular complexity index is 989. The van der Waals surface area contributed by atoms with Crippen molar-refractivity contribution in [3.05, 3.63) is 71.8 Å². The summed E-state index contributed by atoms with van der Waals surface area (Å²) in [7, 11) is -5.69. The molecule has 3 aliphatic rings. The molecule has 2 aliphatic carbocycles. The summed E-state index contributed by atoms with van der Waals surface area (Å²) in [5.41, 5.74) is 1.63. The summed E-state index contributed by atoms with van der Waals surface area (Å²) in [5, 5.41) is -4.27. The molecule has 0 aromatic heterocycles. The van der Waals surface area contributed by atoms with E-state index in [0.717, 1.165) is 11.1 Å². The van der Waals surface area contributed by atoms with Crippen LogP contribution in [0, 0.1) is 17.8 Å². The van der Waals surface area contributed by atoms with Crippen LogP contribution in [0.3, 0.4) is 0 Å². The SMILES string of the molecule is O=S(=O)([O-])C(F)(F)CC1CC2CC1C1OC(c3ccccc3)(c3ccccc3)OC21. The second-order valence-corrected chi connectivity index (χ2v) is 9.97. The summed E-state index contributed by atoms with van der Waals surface area (Å²) >= 11 is 0. The quantitative estimate of drug-likeness (QED) is 0.667. The van der Waals surface area contributed by atoms with E-state index in [1.807, 2.05) is 60.7 Å². The monoisotopic (exact) mass is 435 g/mol. The number of ether oxygens (including phenoxy) is 2. The van der Waals surface area contributed by atoms with Gasteiger partial charge in [0.15, 0.2) is 10.1 Å². The molecular weight excluding hydrogens is 414 g/mol. The van der Waals surface area contributed by atoms with Crippen molar-refractivity contribution in [2.45, 2.75) is 42.5 Å². The Hall–Kier alpha value is -1.87. The maximum atomic E-state index is 14.0. The standard InChI is InChI=1S/C22H22F2O5S/c23-21(24,30(25,26)27)13-15-11-14-12-18(15)20-19(14)28-22(29-20,16-7-3-1-4-8-16)17-9-5-2-6-10-17/h1-10,14-15,18-20H,11-13H2,(H,25,26,27)/p-1. The van der Waals surface area contributed by atoms with E-state index in [9.17, 15) is 21.8 Å². The predicted octanol–water partition coefficient (Wildman–Crippen LogP) is 3.86. The lowest BCUT2D eigenvalue weighted by Crippen LogP contribution is -2.39. The maximum Gasteiger partial charge on any atom is 0.334 e. The Morgan fingerprint density at radius 1 is 0.933 bits per heavy atom. The molecule has 2 aromatic rings. The van der Waals surface area contributed by atoms with Crippen LogP contribution >= 0.6 is 0 Å². The first-order chi connectivity index (χ1) is 14.2. The van der Waals surface area contributed by atoms with Gasteiger partial charge in [-0.05, 0) is 30.6 Å². The van der Waals surface area contributed by atoms with E-state index in [-0.39, 0.29) is 17.9 Å². The molecule has 2 saturated carbocycles. The number of hydrogen-bond acceptors (Lipinski definition) is 5. The maximum absolute atomic E-state index is 14.0. The first kappa shape index (κ1) is 20.1. The van der Waals surface area contributed by atoms with Gasteiger partial charge < -0.3 is 14.0 Å². The summed E-state index contributed by atoms with van der Waals surface area (Å²) in [6.45, 7) is 0. The van der Waals surface area contributed by atoms with Gasteiger partial charge in [-0.1, -0.05) is 60.7 Å². The molecule has 1 heterocycles. The Labute approximate surface area is 173 Å². The van der Waals surface area contributed by atoms with Crippen molar-refractivity contribution in [2.75, 3.05) is 0 Å². The van der Waals surface area contributed by atoms with Crippen molar-refractivity contribution < 1.29 is 31.2 Å². The summed E-state index contributed by atoms with van der Waals surface area (Å²) in [6, 6.07) is 19.0. The number of rotatable bonds is 5. The van der Waals surface area contributed by atoms with E-state index in [1.165, 1.54) is 0 Å².